The Labute approximate surface area is 481 Å². The molecule has 1 unspecified atom stereocenters. The molecule has 0 bridgehead atoms. The first-order valence-corrected chi connectivity index (χ1v) is 32.2. The van der Waals surface area contributed by atoms with Crippen molar-refractivity contribution < 1.29 is 28.6 Å². The van der Waals surface area contributed by atoms with Crippen LogP contribution in [0.25, 0.3) is 0 Å². The van der Waals surface area contributed by atoms with E-state index in [4.69, 9.17) is 14.2 Å². The van der Waals surface area contributed by atoms with E-state index in [2.05, 4.69) is 154 Å². The van der Waals surface area contributed by atoms with Gasteiger partial charge in [0, 0.05) is 19.3 Å². The van der Waals surface area contributed by atoms with Gasteiger partial charge in [-0.1, -0.05) is 283 Å². The number of allylic oxidation sites excluding steroid dienone is 22. The van der Waals surface area contributed by atoms with Crippen molar-refractivity contribution in [1.82, 2.24) is 0 Å². The zero-order chi connectivity index (χ0) is 56.4. The Balaban J connectivity index is 4.45. The normalized spacial score (nSPS) is 13.0. The zero-order valence-electron chi connectivity index (χ0n) is 50.6. The topological polar surface area (TPSA) is 78.9 Å². The van der Waals surface area contributed by atoms with Gasteiger partial charge in [-0.15, -0.1) is 0 Å². The van der Waals surface area contributed by atoms with Crippen LogP contribution >= 0.6 is 0 Å². The minimum Gasteiger partial charge on any atom is -0.462 e. The molecule has 0 aliphatic carbocycles. The average molecular weight is 1080 g/mol. The number of esters is 3. The van der Waals surface area contributed by atoms with Gasteiger partial charge >= 0.3 is 17.9 Å². The second kappa shape index (κ2) is 65.1. The van der Waals surface area contributed by atoms with E-state index in [0.29, 0.717) is 19.3 Å². The second-order valence-corrected chi connectivity index (χ2v) is 20.9. The van der Waals surface area contributed by atoms with Crippen LogP contribution in [0.4, 0.5) is 0 Å². The van der Waals surface area contributed by atoms with E-state index < -0.39 is 6.10 Å². The molecule has 0 N–H and O–H groups in total. The van der Waals surface area contributed by atoms with Gasteiger partial charge in [-0.25, -0.2) is 0 Å². The monoisotopic (exact) mass is 1080 g/mol. The van der Waals surface area contributed by atoms with Crippen molar-refractivity contribution in [3.05, 3.63) is 134 Å². The molecule has 0 rings (SSSR count). The lowest BCUT2D eigenvalue weighted by Crippen LogP contribution is -2.30. The van der Waals surface area contributed by atoms with E-state index in [1.54, 1.807) is 0 Å². The lowest BCUT2D eigenvalue weighted by atomic mass is 10.0. The molecule has 0 saturated carbocycles. The number of ether oxygens (including phenoxy) is 3. The zero-order valence-corrected chi connectivity index (χ0v) is 50.6. The van der Waals surface area contributed by atoms with Gasteiger partial charge in [0.2, 0.25) is 0 Å². The molecule has 78 heavy (non-hydrogen) atoms. The van der Waals surface area contributed by atoms with E-state index in [9.17, 15) is 14.4 Å². The van der Waals surface area contributed by atoms with Crippen LogP contribution < -0.4 is 0 Å². The molecular weight excluding hydrogens is 961 g/mol. The highest BCUT2D eigenvalue weighted by Gasteiger charge is 2.19. The lowest BCUT2D eigenvalue weighted by Gasteiger charge is -2.18. The molecule has 0 spiro atoms. The molecule has 0 aromatic heterocycles. The van der Waals surface area contributed by atoms with Crippen molar-refractivity contribution in [3.8, 4) is 0 Å². The Bertz CT molecular complexity index is 1670. The minimum absolute atomic E-state index is 0.100. The fourth-order valence-corrected chi connectivity index (χ4v) is 8.59. The highest BCUT2D eigenvalue weighted by molar-refractivity contribution is 5.71. The van der Waals surface area contributed by atoms with E-state index in [1.807, 2.05) is 0 Å². The summed E-state index contributed by atoms with van der Waals surface area (Å²) in [7, 11) is 0. The predicted octanol–water partition coefficient (Wildman–Crippen LogP) is 22.2. The van der Waals surface area contributed by atoms with Crippen LogP contribution in [-0.4, -0.2) is 37.2 Å². The molecule has 0 aliphatic rings. The number of unbranched alkanes of at least 4 members (excludes halogenated alkanes) is 24. The van der Waals surface area contributed by atoms with Gasteiger partial charge in [0.05, 0.1) is 0 Å². The van der Waals surface area contributed by atoms with Gasteiger partial charge in [0.15, 0.2) is 6.10 Å². The van der Waals surface area contributed by atoms with Gasteiger partial charge in [0.25, 0.3) is 0 Å². The first kappa shape index (κ1) is 73.5. The van der Waals surface area contributed by atoms with Gasteiger partial charge < -0.3 is 14.2 Å². The van der Waals surface area contributed by atoms with E-state index in [0.717, 1.165) is 116 Å². The number of hydrogen-bond donors (Lipinski definition) is 0. The molecule has 0 aromatic rings. The summed E-state index contributed by atoms with van der Waals surface area (Å²) < 4.78 is 16.9. The Morgan fingerprint density at radius 2 is 0.513 bits per heavy atom. The van der Waals surface area contributed by atoms with Crippen molar-refractivity contribution in [2.75, 3.05) is 13.2 Å². The van der Waals surface area contributed by atoms with Crippen LogP contribution in [0, 0.1) is 0 Å². The summed E-state index contributed by atoms with van der Waals surface area (Å²) in [6.45, 7) is 6.46. The molecule has 1 atom stereocenters. The summed E-state index contributed by atoms with van der Waals surface area (Å²) in [5, 5.41) is 0. The Morgan fingerprint density at radius 3 is 0.859 bits per heavy atom. The molecule has 0 radical (unpaired) electrons. The van der Waals surface area contributed by atoms with Crippen LogP contribution in [0.2, 0.25) is 0 Å². The summed E-state index contributed by atoms with van der Waals surface area (Å²) in [5.74, 6) is -0.967. The van der Waals surface area contributed by atoms with Crippen LogP contribution in [-0.2, 0) is 28.6 Å². The molecule has 0 amide bonds. The standard InChI is InChI=1S/C72H118O6/c1-4-7-10-13-16-19-22-25-28-30-31-32-33-34-35-36-37-38-39-40-41-43-44-47-50-53-56-59-62-65-71(74)77-68-69(67-76-70(73)64-61-58-55-52-49-46-27-24-21-18-15-12-9-6-3)78-72(75)66-63-60-57-54-51-48-45-42-29-26-23-20-17-14-11-8-5-2/h7,10,16-17,19-20,25-26,28-29,31-32,34-35,37-38,40-41,44,47,53,56,69H,4-6,8-9,11-15,18,21-24,27,30,33,36,39,42-43,45-46,48-52,54-55,57-68H2,1-3H3/b10-7-,19-16-,20-17-,28-25-,29-26-,32-31-,35-34-,38-37-,41-40-,47-44-,56-53-. The third-order valence-electron chi connectivity index (χ3n) is 13.4. The van der Waals surface area contributed by atoms with Gasteiger partial charge in [0.1, 0.15) is 13.2 Å². The van der Waals surface area contributed by atoms with Crippen LogP contribution in [0.1, 0.15) is 284 Å². The quantitative estimate of drug-likeness (QED) is 0.0261. The molecule has 0 heterocycles. The summed E-state index contributed by atoms with van der Waals surface area (Å²) in [5.41, 5.74) is 0. The van der Waals surface area contributed by atoms with Gasteiger partial charge in [-0.2, -0.15) is 0 Å². The Kier molecular flexibility index (Phi) is 61.4. The molecule has 6 heteroatoms. The molecule has 442 valence electrons. The predicted molar refractivity (Wildman–Crippen MR) is 339 cm³/mol. The molecule has 0 saturated heterocycles. The maximum absolute atomic E-state index is 12.9. The first-order valence-electron chi connectivity index (χ1n) is 32.2. The highest BCUT2D eigenvalue weighted by Crippen LogP contribution is 2.15. The largest absolute Gasteiger partial charge is 0.462 e. The van der Waals surface area contributed by atoms with Crippen molar-refractivity contribution in [2.45, 2.75) is 290 Å². The maximum Gasteiger partial charge on any atom is 0.306 e. The number of carbonyl (C=O) groups excluding carboxylic acids is 3. The van der Waals surface area contributed by atoms with E-state index in [1.165, 1.54) is 122 Å². The fraction of sp³-hybridized carbons (Fsp3) is 0.653. The summed E-state index contributed by atoms with van der Waals surface area (Å²) in [6.07, 6.45) is 91.7. The Hall–Kier alpha value is -4.45. The third-order valence-corrected chi connectivity index (χ3v) is 13.4. The number of carbonyl (C=O) groups is 3. The third kappa shape index (κ3) is 62.4. The molecular formula is C72H118O6. The van der Waals surface area contributed by atoms with Crippen molar-refractivity contribution in [1.29, 1.82) is 0 Å². The smallest absolute Gasteiger partial charge is 0.306 e. The number of hydrogen-bond acceptors (Lipinski definition) is 6. The SMILES string of the molecule is CC/C=C\C/C=C\C/C=C\C/C=C\C/C=C\C/C=C\C/C=C\C/C=C\C/C=C\CCCC(=O)OCC(COC(=O)CCCCCCCCCCCCCCCC)OC(=O)CCCCCCCCC/C=C\C/C=C\CCCCC. The van der Waals surface area contributed by atoms with E-state index in [-0.39, 0.29) is 37.5 Å². The van der Waals surface area contributed by atoms with Crippen LogP contribution in [0.3, 0.4) is 0 Å². The van der Waals surface area contributed by atoms with Gasteiger partial charge in [-0.05, 0) is 116 Å². The van der Waals surface area contributed by atoms with Gasteiger partial charge in [-0.3, -0.25) is 14.4 Å². The van der Waals surface area contributed by atoms with Crippen molar-refractivity contribution in [3.63, 3.8) is 0 Å². The summed E-state index contributed by atoms with van der Waals surface area (Å²) >= 11 is 0. The maximum atomic E-state index is 12.9. The van der Waals surface area contributed by atoms with Crippen LogP contribution in [0.5, 0.6) is 0 Å². The number of rotatable bonds is 57. The Morgan fingerprint density at radius 1 is 0.269 bits per heavy atom. The summed E-state index contributed by atoms with van der Waals surface area (Å²) in [6, 6.07) is 0. The second-order valence-electron chi connectivity index (χ2n) is 20.9. The summed E-state index contributed by atoms with van der Waals surface area (Å²) in [4.78, 5) is 38.3. The molecule has 0 aromatic carbocycles. The first-order chi connectivity index (χ1) is 38.5. The van der Waals surface area contributed by atoms with Crippen molar-refractivity contribution in [2.24, 2.45) is 0 Å². The lowest BCUT2D eigenvalue weighted by molar-refractivity contribution is -0.167. The minimum atomic E-state index is -0.809. The average Bonchev–Trinajstić information content (AvgIpc) is 3.44. The van der Waals surface area contributed by atoms with E-state index >= 15 is 0 Å². The molecule has 6 nitrogen and oxygen atoms in total. The molecule has 0 aliphatic heterocycles. The highest BCUT2D eigenvalue weighted by atomic mass is 16.6. The van der Waals surface area contributed by atoms with Crippen LogP contribution in [0.15, 0.2) is 134 Å². The fourth-order valence-electron chi connectivity index (χ4n) is 8.59. The molecule has 0 fully saturated rings. The van der Waals surface area contributed by atoms with Crippen molar-refractivity contribution >= 4 is 17.9 Å².